The van der Waals surface area contributed by atoms with Crippen LogP contribution in [0, 0.1) is 17.8 Å². The molecule has 3 heterocycles. The molecule has 6 atom stereocenters. The van der Waals surface area contributed by atoms with Crippen molar-refractivity contribution >= 4 is 0 Å². The van der Waals surface area contributed by atoms with Crippen LogP contribution >= 0.6 is 0 Å². The molecule has 2 aromatic rings. The molecule has 4 bridgehead atoms. The zero-order valence-electron chi connectivity index (χ0n) is 25.7. The number of benzene rings is 2. The smallest absolute Gasteiger partial charge is 0.126 e. The van der Waals surface area contributed by atoms with Gasteiger partial charge in [0.05, 0.1) is 26.4 Å². The highest BCUT2D eigenvalue weighted by Gasteiger charge is 2.60. The van der Waals surface area contributed by atoms with Crippen LogP contribution in [0.3, 0.4) is 0 Å². The average molecular weight is 591 g/mol. The summed E-state index contributed by atoms with van der Waals surface area (Å²) in [6, 6.07) is 13.2. The van der Waals surface area contributed by atoms with E-state index >= 15 is 0 Å². The topological polar surface area (TPSA) is 74.5 Å². The number of hydrogen-bond donors (Lipinski definition) is 0. The fourth-order valence-electron chi connectivity index (χ4n) is 8.60. The quantitative estimate of drug-likeness (QED) is 0.228. The minimum Gasteiger partial charge on any atom is -0.493 e. The zero-order valence-corrected chi connectivity index (χ0v) is 25.7. The van der Waals surface area contributed by atoms with Gasteiger partial charge >= 0.3 is 0 Å². The van der Waals surface area contributed by atoms with E-state index in [-0.39, 0.29) is 29.1 Å². The Hall–Kier alpha value is -2.48. The van der Waals surface area contributed by atoms with Gasteiger partial charge in [-0.2, -0.15) is 0 Å². The van der Waals surface area contributed by atoms with E-state index in [1.165, 1.54) is 43.2 Å². The summed E-state index contributed by atoms with van der Waals surface area (Å²) in [5.74, 6) is 5.64. The Labute approximate surface area is 255 Å². The number of hydrogen-bond acceptors (Lipinski definition) is 7. The summed E-state index contributed by atoms with van der Waals surface area (Å²) in [5, 5.41) is 0. The summed E-state index contributed by atoms with van der Waals surface area (Å²) in [5.41, 5.74) is 2.86. The van der Waals surface area contributed by atoms with Crippen molar-refractivity contribution in [2.75, 3.05) is 46.2 Å². The van der Waals surface area contributed by atoms with Gasteiger partial charge in [-0.05, 0) is 68.4 Å². The summed E-state index contributed by atoms with van der Waals surface area (Å²) >= 11 is 0. The van der Waals surface area contributed by atoms with E-state index in [2.05, 4.69) is 50.2 Å². The largest absolute Gasteiger partial charge is 0.493 e. The molecule has 0 aromatic heterocycles. The van der Waals surface area contributed by atoms with Crippen LogP contribution in [-0.2, 0) is 25.0 Å². The highest BCUT2D eigenvalue weighted by atomic mass is 16.6. The molecule has 2 aromatic carbocycles. The maximum atomic E-state index is 6.56. The summed E-state index contributed by atoms with van der Waals surface area (Å²) in [7, 11) is 0. The molecule has 7 nitrogen and oxygen atoms in total. The van der Waals surface area contributed by atoms with E-state index in [1.54, 1.807) is 0 Å². The van der Waals surface area contributed by atoms with E-state index < -0.39 is 0 Å². The van der Waals surface area contributed by atoms with Crippen LogP contribution in [0.25, 0.3) is 0 Å². The minimum atomic E-state index is 0.0740. The van der Waals surface area contributed by atoms with Crippen molar-refractivity contribution in [3.8, 4) is 23.0 Å². The van der Waals surface area contributed by atoms with Gasteiger partial charge in [-0.25, -0.2) is 0 Å². The molecular formula is C36H46O7. The first-order valence-electron chi connectivity index (χ1n) is 16.6. The fraction of sp³-hybridized carbons (Fsp3) is 0.667. The second-order valence-corrected chi connectivity index (χ2v) is 14.5. The van der Waals surface area contributed by atoms with Crippen LogP contribution in [0.5, 0.6) is 23.0 Å². The van der Waals surface area contributed by atoms with E-state index in [1.807, 2.05) is 0 Å². The number of epoxide rings is 3. The number of rotatable bonds is 15. The van der Waals surface area contributed by atoms with Gasteiger partial charge in [-0.3, -0.25) is 0 Å². The highest BCUT2D eigenvalue weighted by Crippen LogP contribution is 2.68. The SMILES string of the molecule is CCC(C)COc1ccc(C23CC4CC(C2)CC(c2ccc(OCC5CO5)cc2OCC2CO2)(C4)C3)c(OCC2CO2)c1. The molecule has 232 valence electrons. The molecule has 43 heavy (non-hydrogen) atoms. The third kappa shape index (κ3) is 5.97. The Morgan fingerprint density at radius 1 is 0.698 bits per heavy atom. The van der Waals surface area contributed by atoms with Gasteiger partial charge in [0.15, 0.2) is 0 Å². The van der Waals surface area contributed by atoms with Crippen LogP contribution in [0.2, 0.25) is 0 Å². The number of ether oxygens (including phenoxy) is 7. The van der Waals surface area contributed by atoms with E-state index in [0.717, 1.165) is 62.3 Å². The van der Waals surface area contributed by atoms with Crippen molar-refractivity contribution in [2.24, 2.45) is 17.8 Å². The van der Waals surface area contributed by atoms with Crippen molar-refractivity contribution in [1.82, 2.24) is 0 Å². The van der Waals surface area contributed by atoms with Crippen LogP contribution in [0.4, 0.5) is 0 Å². The molecule has 3 aliphatic heterocycles. The Morgan fingerprint density at radius 2 is 1.16 bits per heavy atom. The van der Waals surface area contributed by atoms with Crippen LogP contribution < -0.4 is 18.9 Å². The van der Waals surface area contributed by atoms with Crippen molar-refractivity contribution in [2.45, 2.75) is 87.9 Å². The van der Waals surface area contributed by atoms with Gasteiger partial charge < -0.3 is 33.2 Å². The predicted octanol–water partition coefficient (Wildman–Crippen LogP) is 6.23. The molecule has 3 saturated heterocycles. The van der Waals surface area contributed by atoms with Crippen molar-refractivity contribution in [3.05, 3.63) is 47.5 Å². The maximum Gasteiger partial charge on any atom is 0.126 e. The molecule has 0 radical (unpaired) electrons. The molecule has 7 heteroatoms. The molecule has 6 unspecified atom stereocenters. The molecule has 7 fully saturated rings. The van der Waals surface area contributed by atoms with Crippen molar-refractivity contribution in [1.29, 1.82) is 0 Å². The summed E-state index contributed by atoms with van der Waals surface area (Å²) < 4.78 is 41.8. The maximum absolute atomic E-state index is 6.56. The van der Waals surface area contributed by atoms with Crippen molar-refractivity contribution < 1.29 is 33.2 Å². The van der Waals surface area contributed by atoms with Crippen LogP contribution in [0.15, 0.2) is 36.4 Å². The minimum absolute atomic E-state index is 0.0740. The molecule has 4 saturated carbocycles. The van der Waals surface area contributed by atoms with E-state index in [4.69, 9.17) is 33.2 Å². The average Bonchev–Trinajstić information content (AvgIpc) is 3.85. The van der Waals surface area contributed by atoms with Crippen molar-refractivity contribution in [3.63, 3.8) is 0 Å². The molecule has 0 amide bonds. The molecule has 0 spiro atoms. The molecule has 0 N–H and O–H groups in total. The fourth-order valence-corrected chi connectivity index (χ4v) is 8.60. The van der Waals surface area contributed by atoms with Gasteiger partial charge in [0, 0.05) is 34.1 Å². The Bertz CT molecular complexity index is 1300. The molecule has 9 rings (SSSR count). The molecular weight excluding hydrogens is 544 g/mol. The first-order valence-corrected chi connectivity index (χ1v) is 16.6. The lowest BCUT2D eigenvalue weighted by atomic mass is 9.41. The Morgan fingerprint density at radius 3 is 1.63 bits per heavy atom. The summed E-state index contributed by atoms with van der Waals surface area (Å²) in [6.45, 7) is 9.33. The Kier molecular flexibility index (Phi) is 7.27. The highest BCUT2D eigenvalue weighted by molar-refractivity contribution is 5.51. The first-order chi connectivity index (χ1) is 21.0. The summed E-state index contributed by atoms with van der Waals surface area (Å²) in [6.07, 6.45) is 9.09. The monoisotopic (exact) mass is 590 g/mol. The Balaban J connectivity index is 1.12. The zero-order chi connectivity index (χ0) is 29.0. The normalized spacial score (nSPS) is 35.3. The van der Waals surface area contributed by atoms with E-state index in [9.17, 15) is 0 Å². The van der Waals surface area contributed by atoms with Crippen LogP contribution in [-0.4, -0.2) is 64.6 Å². The van der Waals surface area contributed by atoms with Gasteiger partial charge in [0.25, 0.3) is 0 Å². The first kappa shape index (κ1) is 28.0. The van der Waals surface area contributed by atoms with E-state index in [0.29, 0.717) is 37.6 Å². The van der Waals surface area contributed by atoms with Gasteiger partial charge in [0.2, 0.25) is 0 Å². The standard InChI is InChI=1S/C36H46O7/c1-3-23(2)15-37-26-4-6-31(33(9-26)42-20-29-18-40-29)35-11-24-8-25(12-35)14-36(13-24,22-35)32-7-5-27(38-16-28-17-39-28)10-34(32)43-21-30-19-41-30/h4-7,9-10,23-25,28-30H,3,8,11-22H2,1-2H3. The molecule has 7 aliphatic rings. The third-order valence-corrected chi connectivity index (χ3v) is 10.8. The third-order valence-electron chi connectivity index (χ3n) is 10.8. The van der Waals surface area contributed by atoms with Gasteiger partial charge in [0.1, 0.15) is 61.1 Å². The lowest BCUT2D eigenvalue weighted by molar-refractivity contribution is -0.0302. The lowest BCUT2D eigenvalue weighted by Crippen LogP contribution is -2.56. The van der Waals surface area contributed by atoms with Gasteiger partial charge in [-0.15, -0.1) is 0 Å². The second kappa shape index (κ2) is 11.1. The molecule has 4 aliphatic carbocycles. The van der Waals surface area contributed by atoms with Crippen LogP contribution in [0.1, 0.15) is 69.9 Å². The lowest BCUT2D eigenvalue weighted by Gasteiger charge is -2.63. The summed E-state index contributed by atoms with van der Waals surface area (Å²) in [4.78, 5) is 0. The predicted molar refractivity (Wildman–Crippen MR) is 162 cm³/mol. The second-order valence-electron chi connectivity index (χ2n) is 14.5. The van der Waals surface area contributed by atoms with Gasteiger partial charge in [-0.1, -0.05) is 32.4 Å².